The van der Waals surface area contributed by atoms with E-state index in [0.29, 0.717) is 26.5 Å². The molecule has 1 heterocycles. The number of aromatic hydroxyl groups is 1. The summed E-state index contributed by atoms with van der Waals surface area (Å²) in [4.78, 5) is 15.7. The molecule has 0 saturated carbocycles. The van der Waals surface area contributed by atoms with E-state index in [4.69, 9.17) is 5.73 Å². The van der Waals surface area contributed by atoms with Gasteiger partial charge in [0.25, 0.3) is 0 Å². The Labute approximate surface area is 96.7 Å². The van der Waals surface area contributed by atoms with Gasteiger partial charge in [0.15, 0.2) is 10.9 Å². The van der Waals surface area contributed by atoms with Crippen LogP contribution >= 0.6 is 11.3 Å². The molecule has 0 aliphatic carbocycles. The molecule has 1 aromatic carbocycles. The van der Waals surface area contributed by atoms with Crippen molar-refractivity contribution in [2.45, 2.75) is 20.8 Å². The van der Waals surface area contributed by atoms with E-state index in [1.54, 1.807) is 6.92 Å². The second-order valence-corrected chi connectivity index (χ2v) is 4.79. The fraction of sp³-hybridized carbons (Fsp3) is 0.273. The Morgan fingerprint density at radius 3 is 2.56 bits per heavy atom. The molecule has 3 N–H and O–H groups in total. The number of ketones is 1. The SMILES string of the molecule is CC(=O)c1c(O)c(C)c(C)c2nc(N)sc12. The lowest BCUT2D eigenvalue weighted by atomic mass is 10.0. The number of nitrogens with zero attached hydrogens (tertiary/aromatic N) is 1. The van der Waals surface area contributed by atoms with Gasteiger partial charge in [0.05, 0.1) is 15.8 Å². The average Bonchev–Trinajstić information content (AvgIpc) is 2.56. The average molecular weight is 236 g/mol. The fourth-order valence-corrected chi connectivity index (χ4v) is 2.72. The number of carbonyl (C=O) groups excluding carboxylic acids is 1. The number of nitrogens with two attached hydrogens (primary N) is 1. The van der Waals surface area contributed by atoms with Gasteiger partial charge in [-0.1, -0.05) is 11.3 Å². The second kappa shape index (κ2) is 3.45. The minimum Gasteiger partial charge on any atom is -0.507 e. The maximum atomic E-state index is 11.5. The summed E-state index contributed by atoms with van der Waals surface area (Å²) in [7, 11) is 0. The van der Waals surface area contributed by atoms with Crippen LogP contribution < -0.4 is 5.73 Å². The molecule has 0 fully saturated rings. The Kier molecular flexibility index (Phi) is 2.35. The number of thiazole rings is 1. The predicted molar refractivity (Wildman–Crippen MR) is 65.2 cm³/mol. The minimum atomic E-state index is -0.172. The van der Waals surface area contributed by atoms with Crippen molar-refractivity contribution in [3.05, 3.63) is 16.7 Å². The van der Waals surface area contributed by atoms with Gasteiger partial charge in [-0.3, -0.25) is 4.79 Å². The van der Waals surface area contributed by atoms with Crippen LogP contribution in [0.3, 0.4) is 0 Å². The zero-order valence-electron chi connectivity index (χ0n) is 9.29. The number of aromatic nitrogens is 1. The van der Waals surface area contributed by atoms with Crippen molar-refractivity contribution >= 4 is 32.5 Å². The summed E-state index contributed by atoms with van der Waals surface area (Å²) in [5.74, 6) is -0.129. The highest BCUT2D eigenvalue weighted by molar-refractivity contribution is 7.22. The Bertz CT molecular complexity index is 602. The van der Waals surface area contributed by atoms with Crippen molar-refractivity contribution < 1.29 is 9.90 Å². The first kappa shape index (κ1) is 10.9. The summed E-state index contributed by atoms with van der Waals surface area (Å²) < 4.78 is 0.672. The van der Waals surface area contributed by atoms with E-state index < -0.39 is 0 Å². The molecule has 4 nitrogen and oxygen atoms in total. The number of anilines is 1. The molecule has 0 amide bonds. The number of aryl methyl sites for hydroxylation is 1. The number of carbonyl (C=O) groups is 1. The number of benzene rings is 1. The van der Waals surface area contributed by atoms with Gasteiger partial charge in [0.2, 0.25) is 0 Å². The van der Waals surface area contributed by atoms with Crippen LogP contribution in [0.5, 0.6) is 5.75 Å². The van der Waals surface area contributed by atoms with Crippen LogP contribution in [0.2, 0.25) is 0 Å². The zero-order chi connectivity index (χ0) is 12.0. The topological polar surface area (TPSA) is 76.2 Å². The van der Waals surface area contributed by atoms with Crippen LogP contribution in [-0.2, 0) is 0 Å². The van der Waals surface area contributed by atoms with Gasteiger partial charge in [-0.05, 0) is 31.9 Å². The second-order valence-electron chi connectivity index (χ2n) is 3.76. The van der Waals surface area contributed by atoms with Crippen molar-refractivity contribution in [1.82, 2.24) is 4.98 Å². The first-order valence-corrected chi connectivity index (χ1v) is 5.64. The largest absolute Gasteiger partial charge is 0.507 e. The summed E-state index contributed by atoms with van der Waals surface area (Å²) in [5.41, 5.74) is 8.23. The number of phenolic OH excluding ortho intramolecular Hbond substituents is 1. The molecule has 84 valence electrons. The molecule has 0 saturated heterocycles. The normalized spacial score (nSPS) is 10.9. The number of Topliss-reactive ketones (excluding diaryl/α,β-unsaturated/α-hetero) is 1. The number of nitrogen functional groups attached to an aromatic ring is 1. The van der Waals surface area contributed by atoms with Crippen LogP contribution in [0.1, 0.15) is 28.4 Å². The molecule has 0 radical (unpaired) electrons. The maximum absolute atomic E-state index is 11.5. The predicted octanol–water partition coefficient (Wildman–Crippen LogP) is 2.40. The monoisotopic (exact) mass is 236 g/mol. The molecular formula is C11H12N2O2S. The number of fused-ring (bicyclic) bond motifs is 1. The van der Waals surface area contributed by atoms with Gasteiger partial charge < -0.3 is 10.8 Å². The summed E-state index contributed by atoms with van der Waals surface area (Å²) in [6.45, 7) is 5.06. The smallest absolute Gasteiger partial charge is 0.181 e. The van der Waals surface area contributed by atoms with Gasteiger partial charge >= 0.3 is 0 Å². The van der Waals surface area contributed by atoms with Gasteiger partial charge in [0, 0.05) is 0 Å². The van der Waals surface area contributed by atoms with Crippen LogP contribution in [0.4, 0.5) is 5.13 Å². The van der Waals surface area contributed by atoms with E-state index in [-0.39, 0.29) is 11.5 Å². The molecule has 0 spiro atoms. The van der Waals surface area contributed by atoms with Crippen molar-refractivity contribution in [1.29, 1.82) is 0 Å². The highest BCUT2D eigenvalue weighted by Crippen LogP contribution is 2.38. The molecule has 2 aromatic rings. The van der Waals surface area contributed by atoms with E-state index in [1.807, 2.05) is 6.92 Å². The molecule has 1 aromatic heterocycles. The molecular weight excluding hydrogens is 224 g/mol. The molecule has 0 atom stereocenters. The van der Waals surface area contributed by atoms with Crippen molar-refractivity contribution in [2.24, 2.45) is 0 Å². The minimum absolute atomic E-state index is 0.0427. The van der Waals surface area contributed by atoms with Crippen molar-refractivity contribution in [2.75, 3.05) is 5.73 Å². The number of hydrogen-bond acceptors (Lipinski definition) is 5. The first-order chi connectivity index (χ1) is 7.43. The number of hydrogen-bond donors (Lipinski definition) is 2. The standard InChI is InChI=1S/C11H12N2O2S/c1-4-5(2)9(15)7(6(3)14)10-8(4)13-11(12)16-10/h15H,1-3H3,(H2,12,13). The maximum Gasteiger partial charge on any atom is 0.181 e. The number of phenols is 1. The third kappa shape index (κ3) is 1.36. The third-order valence-electron chi connectivity index (χ3n) is 2.73. The fourth-order valence-electron chi connectivity index (χ4n) is 1.74. The molecule has 0 unspecified atom stereocenters. The van der Waals surface area contributed by atoms with E-state index in [9.17, 15) is 9.90 Å². The van der Waals surface area contributed by atoms with Gasteiger partial charge in [-0.25, -0.2) is 4.98 Å². The van der Waals surface area contributed by atoms with E-state index >= 15 is 0 Å². The Morgan fingerprint density at radius 2 is 2.00 bits per heavy atom. The van der Waals surface area contributed by atoms with Gasteiger partial charge in [0.1, 0.15) is 5.75 Å². The van der Waals surface area contributed by atoms with Crippen molar-refractivity contribution in [3.63, 3.8) is 0 Å². The van der Waals surface area contributed by atoms with Crippen molar-refractivity contribution in [3.8, 4) is 5.75 Å². The lowest BCUT2D eigenvalue weighted by Gasteiger charge is -2.08. The number of rotatable bonds is 1. The zero-order valence-corrected chi connectivity index (χ0v) is 10.1. The summed E-state index contributed by atoms with van der Waals surface area (Å²) in [6, 6.07) is 0. The van der Waals surface area contributed by atoms with E-state index in [2.05, 4.69) is 4.98 Å². The van der Waals surface area contributed by atoms with Crippen LogP contribution in [0, 0.1) is 13.8 Å². The molecule has 0 bridgehead atoms. The summed E-state index contributed by atoms with van der Waals surface area (Å²) in [5, 5.41) is 10.4. The molecule has 0 aliphatic rings. The third-order valence-corrected chi connectivity index (χ3v) is 3.63. The van der Waals surface area contributed by atoms with E-state index in [1.165, 1.54) is 18.3 Å². The highest BCUT2D eigenvalue weighted by Gasteiger charge is 2.20. The molecule has 0 aliphatic heterocycles. The molecule has 5 heteroatoms. The molecule has 16 heavy (non-hydrogen) atoms. The van der Waals surface area contributed by atoms with Crippen LogP contribution in [-0.4, -0.2) is 15.9 Å². The van der Waals surface area contributed by atoms with Gasteiger partial charge in [-0.15, -0.1) is 0 Å². The summed E-state index contributed by atoms with van der Waals surface area (Å²) >= 11 is 1.23. The van der Waals surface area contributed by atoms with Crippen LogP contribution in [0.15, 0.2) is 0 Å². The highest BCUT2D eigenvalue weighted by atomic mass is 32.1. The molecule has 2 rings (SSSR count). The van der Waals surface area contributed by atoms with E-state index in [0.717, 1.165) is 5.56 Å². The van der Waals surface area contributed by atoms with Crippen LogP contribution in [0.25, 0.3) is 10.2 Å². The summed E-state index contributed by atoms with van der Waals surface area (Å²) in [6.07, 6.45) is 0. The lowest BCUT2D eigenvalue weighted by molar-refractivity contribution is 0.101. The Balaban J connectivity index is 3.02. The van der Waals surface area contributed by atoms with Gasteiger partial charge in [-0.2, -0.15) is 0 Å². The Hall–Kier alpha value is -1.62. The lowest BCUT2D eigenvalue weighted by Crippen LogP contribution is -1.97. The first-order valence-electron chi connectivity index (χ1n) is 4.82. The Morgan fingerprint density at radius 1 is 1.38 bits per heavy atom. The quantitative estimate of drug-likeness (QED) is 0.745.